The predicted octanol–water partition coefficient (Wildman–Crippen LogP) is 1.50. The van der Waals surface area contributed by atoms with Crippen molar-refractivity contribution in [3.05, 3.63) is 35.9 Å². The van der Waals surface area contributed by atoms with E-state index in [1.54, 1.807) is 31.2 Å². The molecule has 1 fully saturated rings. The lowest BCUT2D eigenvalue weighted by Crippen LogP contribution is -2.44. The highest BCUT2D eigenvalue weighted by atomic mass is 16.7. The third-order valence-electron chi connectivity index (χ3n) is 3.32. The van der Waals surface area contributed by atoms with E-state index in [0.717, 1.165) is 0 Å². The number of carbonyl (C=O) groups is 2. The Hall–Kier alpha value is -2.08. The third-order valence-corrected chi connectivity index (χ3v) is 3.32. The molecule has 1 heterocycles. The largest absolute Gasteiger partial charge is 0.508 e. The molecule has 0 aromatic heterocycles. The van der Waals surface area contributed by atoms with Gasteiger partial charge in [-0.05, 0) is 12.5 Å². The van der Waals surface area contributed by atoms with Gasteiger partial charge in [-0.25, -0.2) is 9.59 Å². The van der Waals surface area contributed by atoms with Crippen LogP contribution in [0.4, 0.5) is 4.79 Å². The van der Waals surface area contributed by atoms with Crippen molar-refractivity contribution >= 4 is 12.1 Å². The van der Waals surface area contributed by atoms with Crippen molar-refractivity contribution in [3.8, 4) is 0 Å². The number of nitrogens with one attached hydrogen (secondary N) is 1. The lowest BCUT2D eigenvalue weighted by atomic mass is 9.88. The first-order chi connectivity index (χ1) is 9.58. The molecule has 6 heteroatoms. The maximum absolute atomic E-state index is 11.6. The minimum Gasteiger partial charge on any atom is -0.480 e. The van der Waals surface area contributed by atoms with Crippen molar-refractivity contribution in [3.63, 3.8) is 0 Å². The van der Waals surface area contributed by atoms with Gasteiger partial charge in [-0.3, -0.25) is 5.32 Å². The number of ether oxygens (including phenoxy) is 2. The molecule has 0 saturated carbocycles. The molecule has 2 N–H and O–H groups in total. The highest BCUT2D eigenvalue weighted by Gasteiger charge is 2.48. The van der Waals surface area contributed by atoms with Crippen LogP contribution in [0.5, 0.6) is 0 Å². The summed E-state index contributed by atoms with van der Waals surface area (Å²) in [4.78, 5) is 22.9. The molecule has 1 aromatic carbocycles. The normalized spacial score (nSPS) is 25.1. The highest BCUT2D eigenvalue weighted by molar-refractivity contribution is 5.81. The van der Waals surface area contributed by atoms with Crippen LogP contribution in [0.15, 0.2) is 30.3 Å². The summed E-state index contributed by atoms with van der Waals surface area (Å²) in [6.45, 7) is 2.18. The molecule has 2 atom stereocenters. The fraction of sp³-hybridized carbons (Fsp3) is 0.429. The van der Waals surface area contributed by atoms with Gasteiger partial charge in [0.15, 0.2) is 0 Å². The topological polar surface area (TPSA) is 84.9 Å². The van der Waals surface area contributed by atoms with Crippen LogP contribution in [-0.2, 0) is 19.8 Å². The molecule has 0 spiro atoms. The number of carbonyl (C=O) groups excluding carboxylic acids is 1. The van der Waals surface area contributed by atoms with Gasteiger partial charge in [0.05, 0.1) is 6.61 Å². The van der Waals surface area contributed by atoms with Gasteiger partial charge in [0, 0.05) is 13.0 Å². The molecule has 0 bridgehead atoms. The van der Waals surface area contributed by atoms with E-state index in [0.29, 0.717) is 5.56 Å². The number of hydrogen-bond acceptors (Lipinski definition) is 5. The highest BCUT2D eigenvalue weighted by Crippen LogP contribution is 2.32. The molecule has 1 unspecified atom stereocenters. The fourth-order valence-corrected chi connectivity index (χ4v) is 2.37. The molecule has 0 radical (unpaired) electrons. The second-order valence-corrected chi connectivity index (χ2v) is 4.58. The zero-order valence-electron chi connectivity index (χ0n) is 11.2. The SMILES string of the molecule is CCOC(=O)OC1CN[C@](C(=O)O)(c2ccccc2)C1. The van der Waals surface area contributed by atoms with Crippen LogP contribution in [0.1, 0.15) is 18.9 Å². The van der Waals surface area contributed by atoms with Crippen LogP contribution in [0.3, 0.4) is 0 Å². The Balaban J connectivity index is 2.14. The molecule has 2 rings (SSSR count). The van der Waals surface area contributed by atoms with Crippen LogP contribution in [-0.4, -0.2) is 36.5 Å². The van der Waals surface area contributed by atoms with Crippen LogP contribution in [0.25, 0.3) is 0 Å². The number of rotatable bonds is 4. The third kappa shape index (κ3) is 2.75. The van der Waals surface area contributed by atoms with Gasteiger partial charge < -0.3 is 14.6 Å². The lowest BCUT2D eigenvalue weighted by molar-refractivity contribution is -0.145. The number of hydrogen-bond donors (Lipinski definition) is 2. The molecule has 1 saturated heterocycles. The molecule has 0 amide bonds. The summed E-state index contributed by atoms with van der Waals surface area (Å²) in [6.07, 6.45) is -1.12. The summed E-state index contributed by atoms with van der Waals surface area (Å²) < 4.78 is 9.79. The van der Waals surface area contributed by atoms with Crippen molar-refractivity contribution in [1.29, 1.82) is 0 Å². The Morgan fingerprint density at radius 3 is 2.70 bits per heavy atom. The Labute approximate surface area is 116 Å². The molecule has 1 aliphatic rings. The first-order valence-electron chi connectivity index (χ1n) is 6.46. The Kier molecular flexibility index (Phi) is 4.24. The van der Waals surface area contributed by atoms with Gasteiger partial charge in [0.1, 0.15) is 11.6 Å². The van der Waals surface area contributed by atoms with Crippen molar-refractivity contribution in [1.82, 2.24) is 5.32 Å². The summed E-state index contributed by atoms with van der Waals surface area (Å²) in [5.74, 6) is -0.987. The van der Waals surface area contributed by atoms with Crippen molar-refractivity contribution in [2.24, 2.45) is 0 Å². The van der Waals surface area contributed by atoms with Crippen molar-refractivity contribution in [2.75, 3.05) is 13.2 Å². The van der Waals surface area contributed by atoms with E-state index in [9.17, 15) is 14.7 Å². The van der Waals surface area contributed by atoms with Gasteiger partial charge in [-0.15, -0.1) is 0 Å². The Morgan fingerprint density at radius 2 is 2.10 bits per heavy atom. The summed E-state index contributed by atoms with van der Waals surface area (Å²) in [7, 11) is 0. The van der Waals surface area contributed by atoms with Gasteiger partial charge in [-0.2, -0.15) is 0 Å². The monoisotopic (exact) mass is 279 g/mol. The predicted molar refractivity (Wildman–Crippen MR) is 70.3 cm³/mol. The van der Waals surface area contributed by atoms with Gasteiger partial charge in [0.25, 0.3) is 0 Å². The molecule has 1 aliphatic heterocycles. The Bertz CT molecular complexity index is 490. The average Bonchev–Trinajstić information content (AvgIpc) is 2.85. The first-order valence-corrected chi connectivity index (χ1v) is 6.46. The van der Waals surface area contributed by atoms with E-state index in [1.165, 1.54) is 0 Å². The lowest BCUT2D eigenvalue weighted by Gasteiger charge is -2.24. The smallest absolute Gasteiger partial charge is 0.480 e. The molecular weight excluding hydrogens is 262 g/mol. The van der Waals surface area contributed by atoms with Crippen molar-refractivity contribution < 1.29 is 24.2 Å². The van der Waals surface area contributed by atoms with Gasteiger partial charge >= 0.3 is 12.1 Å². The van der Waals surface area contributed by atoms with Gasteiger partial charge in [-0.1, -0.05) is 30.3 Å². The second-order valence-electron chi connectivity index (χ2n) is 4.58. The quantitative estimate of drug-likeness (QED) is 0.812. The summed E-state index contributed by atoms with van der Waals surface area (Å²) in [5.41, 5.74) is -0.583. The molecular formula is C14H17NO5. The average molecular weight is 279 g/mol. The molecule has 1 aromatic rings. The summed E-state index contributed by atoms with van der Waals surface area (Å²) in [6, 6.07) is 8.87. The van der Waals surface area contributed by atoms with Crippen LogP contribution in [0, 0.1) is 0 Å². The van der Waals surface area contributed by atoms with Crippen molar-refractivity contribution in [2.45, 2.75) is 25.0 Å². The summed E-state index contributed by atoms with van der Waals surface area (Å²) in [5, 5.41) is 12.5. The second kappa shape index (κ2) is 5.92. The fourth-order valence-electron chi connectivity index (χ4n) is 2.37. The minimum absolute atomic E-state index is 0.172. The van der Waals surface area contributed by atoms with Crippen LogP contribution >= 0.6 is 0 Å². The number of carboxylic acid groups (broad SMARTS) is 1. The van der Waals surface area contributed by atoms with Crippen LogP contribution < -0.4 is 5.32 Å². The molecule has 108 valence electrons. The minimum atomic E-state index is -1.22. The summed E-state index contributed by atoms with van der Waals surface area (Å²) >= 11 is 0. The van der Waals surface area contributed by atoms with E-state index < -0.39 is 23.8 Å². The van der Waals surface area contributed by atoms with E-state index in [4.69, 9.17) is 9.47 Å². The maximum Gasteiger partial charge on any atom is 0.508 e. The van der Waals surface area contributed by atoms with E-state index in [-0.39, 0.29) is 19.6 Å². The van der Waals surface area contributed by atoms with Crippen LogP contribution in [0.2, 0.25) is 0 Å². The van der Waals surface area contributed by atoms with Gasteiger partial charge in [0.2, 0.25) is 0 Å². The molecule has 6 nitrogen and oxygen atoms in total. The maximum atomic E-state index is 11.6. The van der Waals surface area contributed by atoms with E-state index >= 15 is 0 Å². The number of benzene rings is 1. The number of aliphatic carboxylic acids is 1. The standard InChI is InChI=1S/C14H17NO5/c1-2-19-13(18)20-11-8-14(12(16)17,15-9-11)10-6-4-3-5-7-10/h3-7,11,15H,2,8-9H2,1H3,(H,16,17)/t11?,14-/m0/s1. The van der Waals surface area contributed by atoms with E-state index in [1.807, 2.05) is 6.07 Å². The zero-order valence-corrected chi connectivity index (χ0v) is 11.2. The first kappa shape index (κ1) is 14.3. The Morgan fingerprint density at radius 1 is 1.40 bits per heavy atom. The molecule has 20 heavy (non-hydrogen) atoms. The number of carboxylic acids is 1. The molecule has 0 aliphatic carbocycles. The zero-order chi connectivity index (χ0) is 14.6. The van der Waals surface area contributed by atoms with E-state index in [2.05, 4.69) is 5.32 Å².